The van der Waals surface area contributed by atoms with Crippen molar-refractivity contribution in [1.82, 2.24) is 4.98 Å². The standard InChI is InChI=1S/C29H33NO4/c1-3-5-6-7-8-20-33-28(31)24-15-17-26(18-16-24)34-29(32)25-13-11-23(12-14-25)27-19-10-22(9-4-2)21-30-27/h10-19,21H,3-9,20H2,1-2H3. The number of aryl methyl sites for hydroxylation is 1. The van der Waals surface area contributed by atoms with Gasteiger partial charge in [-0.2, -0.15) is 0 Å². The number of hydrogen-bond acceptors (Lipinski definition) is 5. The van der Waals surface area contributed by atoms with Gasteiger partial charge in [0.2, 0.25) is 0 Å². The van der Waals surface area contributed by atoms with E-state index in [9.17, 15) is 9.59 Å². The number of esters is 2. The molecule has 0 saturated carbocycles. The van der Waals surface area contributed by atoms with Crippen molar-refractivity contribution in [2.45, 2.75) is 58.8 Å². The van der Waals surface area contributed by atoms with E-state index in [0.717, 1.165) is 36.9 Å². The van der Waals surface area contributed by atoms with Crippen LogP contribution in [0.4, 0.5) is 0 Å². The van der Waals surface area contributed by atoms with E-state index < -0.39 is 5.97 Å². The molecule has 0 fully saturated rings. The lowest BCUT2D eigenvalue weighted by atomic mass is 10.1. The predicted octanol–water partition coefficient (Wildman–Crippen LogP) is 7.05. The summed E-state index contributed by atoms with van der Waals surface area (Å²) < 4.78 is 10.8. The van der Waals surface area contributed by atoms with Crippen LogP contribution in [0.15, 0.2) is 66.9 Å². The molecule has 0 aliphatic carbocycles. The van der Waals surface area contributed by atoms with Gasteiger partial charge in [0.25, 0.3) is 0 Å². The van der Waals surface area contributed by atoms with E-state index in [1.807, 2.05) is 24.4 Å². The molecule has 5 nitrogen and oxygen atoms in total. The quantitative estimate of drug-likeness (QED) is 0.165. The lowest BCUT2D eigenvalue weighted by Crippen LogP contribution is -2.09. The summed E-state index contributed by atoms with van der Waals surface area (Å²) in [4.78, 5) is 29.2. The highest BCUT2D eigenvalue weighted by atomic mass is 16.5. The largest absolute Gasteiger partial charge is 0.462 e. The summed E-state index contributed by atoms with van der Waals surface area (Å²) in [5.41, 5.74) is 3.90. The summed E-state index contributed by atoms with van der Waals surface area (Å²) in [5.74, 6) is -0.445. The summed E-state index contributed by atoms with van der Waals surface area (Å²) in [6.07, 6.45) is 9.51. The summed E-state index contributed by atoms with van der Waals surface area (Å²) in [5, 5.41) is 0. The molecule has 34 heavy (non-hydrogen) atoms. The Morgan fingerprint density at radius 3 is 2.06 bits per heavy atom. The molecule has 0 bridgehead atoms. The average molecular weight is 460 g/mol. The Morgan fingerprint density at radius 2 is 1.41 bits per heavy atom. The molecular formula is C29H33NO4. The van der Waals surface area contributed by atoms with E-state index in [2.05, 4.69) is 24.9 Å². The second-order valence-electron chi connectivity index (χ2n) is 8.34. The molecule has 2 aromatic carbocycles. The zero-order valence-electron chi connectivity index (χ0n) is 20.1. The topological polar surface area (TPSA) is 65.5 Å². The minimum Gasteiger partial charge on any atom is -0.462 e. The second-order valence-corrected chi connectivity index (χ2v) is 8.34. The molecule has 0 aliphatic rings. The van der Waals surface area contributed by atoms with Gasteiger partial charge in [-0.25, -0.2) is 9.59 Å². The van der Waals surface area contributed by atoms with Crippen LogP contribution in [0, 0.1) is 0 Å². The predicted molar refractivity (Wildman–Crippen MR) is 134 cm³/mol. The Kier molecular flexibility index (Phi) is 9.83. The van der Waals surface area contributed by atoms with Crippen molar-refractivity contribution in [1.29, 1.82) is 0 Å². The fraction of sp³-hybridized carbons (Fsp3) is 0.345. The van der Waals surface area contributed by atoms with E-state index in [-0.39, 0.29) is 5.97 Å². The highest BCUT2D eigenvalue weighted by Crippen LogP contribution is 2.20. The molecule has 0 radical (unpaired) electrons. The van der Waals surface area contributed by atoms with Crippen molar-refractivity contribution in [2.24, 2.45) is 0 Å². The van der Waals surface area contributed by atoms with E-state index in [4.69, 9.17) is 9.47 Å². The van der Waals surface area contributed by atoms with Crippen molar-refractivity contribution in [3.8, 4) is 17.0 Å². The molecule has 0 N–H and O–H groups in total. The molecule has 0 aliphatic heterocycles. The number of aromatic nitrogens is 1. The lowest BCUT2D eigenvalue weighted by molar-refractivity contribution is 0.0497. The highest BCUT2D eigenvalue weighted by molar-refractivity contribution is 5.92. The van der Waals surface area contributed by atoms with Crippen LogP contribution in [-0.2, 0) is 11.2 Å². The number of nitrogens with zero attached hydrogens (tertiary/aromatic N) is 1. The molecule has 1 heterocycles. The maximum Gasteiger partial charge on any atom is 0.343 e. The van der Waals surface area contributed by atoms with E-state index in [1.54, 1.807) is 36.4 Å². The van der Waals surface area contributed by atoms with Gasteiger partial charge in [0.1, 0.15) is 5.75 Å². The van der Waals surface area contributed by atoms with Crippen LogP contribution >= 0.6 is 0 Å². The van der Waals surface area contributed by atoms with Gasteiger partial charge in [-0.1, -0.05) is 64.2 Å². The summed E-state index contributed by atoms with van der Waals surface area (Å²) in [6, 6.07) is 17.7. The normalized spacial score (nSPS) is 10.6. The third-order valence-electron chi connectivity index (χ3n) is 5.56. The minimum atomic E-state index is -0.458. The third kappa shape index (κ3) is 7.55. The van der Waals surface area contributed by atoms with Crippen LogP contribution in [0.1, 0.15) is 78.7 Å². The number of unbranched alkanes of at least 4 members (excludes halogenated alkanes) is 4. The summed E-state index contributed by atoms with van der Waals surface area (Å²) in [6.45, 7) is 4.74. The van der Waals surface area contributed by atoms with Crippen LogP contribution in [-0.4, -0.2) is 23.5 Å². The first-order valence-electron chi connectivity index (χ1n) is 12.2. The average Bonchev–Trinajstić information content (AvgIpc) is 2.87. The lowest BCUT2D eigenvalue weighted by Gasteiger charge is -2.08. The number of rotatable bonds is 12. The molecular weight excluding hydrogens is 426 g/mol. The molecule has 0 saturated heterocycles. The van der Waals surface area contributed by atoms with Crippen molar-refractivity contribution in [3.05, 3.63) is 83.6 Å². The fourth-order valence-corrected chi connectivity index (χ4v) is 3.59. The SMILES string of the molecule is CCCCCCCOC(=O)c1ccc(OC(=O)c2ccc(-c3ccc(CCC)cn3)cc2)cc1. The van der Waals surface area contributed by atoms with Gasteiger partial charge >= 0.3 is 11.9 Å². The van der Waals surface area contributed by atoms with Crippen molar-refractivity contribution < 1.29 is 19.1 Å². The second kappa shape index (κ2) is 13.3. The Bertz CT molecular complexity index is 1040. The van der Waals surface area contributed by atoms with E-state index >= 15 is 0 Å². The Labute approximate surface area is 202 Å². The van der Waals surface area contributed by atoms with Crippen LogP contribution < -0.4 is 4.74 Å². The number of pyridine rings is 1. The molecule has 0 amide bonds. The van der Waals surface area contributed by atoms with Gasteiger partial charge in [0.15, 0.2) is 0 Å². The molecule has 0 unspecified atom stereocenters. The minimum absolute atomic E-state index is 0.361. The Morgan fingerprint density at radius 1 is 0.735 bits per heavy atom. The molecule has 3 aromatic rings. The van der Waals surface area contributed by atoms with Gasteiger partial charge < -0.3 is 9.47 Å². The summed E-state index contributed by atoms with van der Waals surface area (Å²) in [7, 11) is 0. The number of benzene rings is 2. The Hall–Kier alpha value is -3.47. The molecule has 1 aromatic heterocycles. The van der Waals surface area contributed by atoms with Crippen LogP contribution in [0.5, 0.6) is 5.75 Å². The molecule has 178 valence electrons. The van der Waals surface area contributed by atoms with Crippen molar-refractivity contribution in [2.75, 3.05) is 6.61 Å². The Balaban J connectivity index is 1.50. The van der Waals surface area contributed by atoms with Crippen molar-refractivity contribution >= 4 is 11.9 Å². The number of carbonyl (C=O) groups is 2. The van der Waals surface area contributed by atoms with Gasteiger partial charge in [0.05, 0.1) is 23.4 Å². The molecule has 5 heteroatoms. The van der Waals surface area contributed by atoms with Gasteiger partial charge in [-0.15, -0.1) is 0 Å². The third-order valence-corrected chi connectivity index (χ3v) is 5.56. The smallest absolute Gasteiger partial charge is 0.343 e. The number of carbonyl (C=O) groups excluding carboxylic acids is 2. The van der Waals surface area contributed by atoms with Crippen LogP contribution in [0.25, 0.3) is 11.3 Å². The first-order valence-corrected chi connectivity index (χ1v) is 12.2. The van der Waals surface area contributed by atoms with Crippen molar-refractivity contribution in [3.63, 3.8) is 0 Å². The number of hydrogen-bond donors (Lipinski definition) is 0. The van der Waals surface area contributed by atoms with Crippen LogP contribution in [0.2, 0.25) is 0 Å². The molecule has 0 atom stereocenters. The first-order chi connectivity index (χ1) is 16.6. The zero-order chi connectivity index (χ0) is 24.2. The van der Waals surface area contributed by atoms with Gasteiger partial charge in [-0.3, -0.25) is 4.98 Å². The first kappa shape index (κ1) is 25.2. The summed E-state index contributed by atoms with van der Waals surface area (Å²) >= 11 is 0. The van der Waals surface area contributed by atoms with E-state index in [1.165, 1.54) is 24.8 Å². The van der Waals surface area contributed by atoms with Crippen LogP contribution in [0.3, 0.4) is 0 Å². The van der Waals surface area contributed by atoms with E-state index in [0.29, 0.717) is 23.5 Å². The number of ether oxygens (including phenoxy) is 2. The zero-order valence-corrected chi connectivity index (χ0v) is 20.1. The maximum atomic E-state index is 12.5. The highest BCUT2D eigenvalue weighted by Gasteiger charge is 2.11. The van der Waals surface area contributed by atoms with Gasteiger partial charge in [-0.05, 0) is 60.9 Å². The molecule has 3 rings (SSSR count). The fourth-order valence-electron chi connectivity index (χ4n) is 3.59. The maximum absolute atomic E-state index is 12.5. The monoisotopic (exact) mass is 459 g/mol. The molecule has 0 spiro atoms. The van der Waals surface area contributed by atoms with Gasteiger partial charge in [0, 0.05) is 11.8 Å².